The van der Waals surface area contributed by atoms with E-state index in [2.05, 4.69) is 23.7 Å². The number of ether oxygens (including phenoxy) is 2. The van der Waals surface area contributed by atoms with E-state index in [-0.39, 0.29) is 11.3 Å². The SMILES string of the molecule is CCN(CC)CCCN1C(=O)C(=O)C(=C(O)c2c(C)nc3ccccn23)[C@H]1c1cccc(OC)c1OC. The maximum absolute atomic E-state index is 13.5. The van der Waals surface area contributed by atoms with Crippen LogP contribution in [-0.4, -0.2) is 76.4 Å². The van der Waals surface area contributed by atoms with Gasteiger partial charge in [0, 0.05) is 18.3 Å². The minimum atomic E-state index is -0.851. The molecule has 1 N–H and O–H groups in total. The summed E-state index contributed by atoms with van der Waals surface area (Å²) in [7, 11) is 3.05. The number of carbonyl (C=O) groups is 2. The second kappa shape index (κ2) is 11.0. The summed E-state index contributed by atoms with van der Waals surface area (Å²) >= 11 is 0. The Morgan fingerprint density at radius 2 is 1.84 bits per heavy atom. The molecule has 3 heterocycles. The van der Waals surface area contributed by atoms with E-state index in [1.54, 1.807) is 35.7 Å². The van der Waals surface area contributed by atoms with Gasteiger partial charge in [-0.2, -0.15) is 0 Å². The van der Waals surface area contributed by atoms with Crippen LogP contribution in [0.25, 0.3) is 11.4 Å². The molecule has 9 nitrogen and oxygen atoms in total. The third-order valence-corrected chi connectivity index (χ3v) is 6.96. The molecule has 4 rings (SSSR count). The fourth-order valence-corrected chi connectivity index (χ4v) is 5.09. The van der Waals surface area contributed by atoms with Gasteiger partial charge in [0.05, 0.1) is 31.5 Å². The Labute approximate surface area is 216 Å². The van der Waals surface area contributed by atoms with E-state index < -0.39 is 17.7 Å². The highest BCUT2D eigenvalue weighted by molar-refractivity contribution is 6.46. The summed E-state index contributed by atoms with van der Waals surface area (Å²) in [5.74, 6) is -0.773. The zero-order chi connectivity index (χ0) is 26.7. The van der Waals surface area contributed by atoms with Crippen LogP contribution < -0.4 is 9.47 Å². The first-order valence-corrected chi connectivity index (χ1v) is 12.5. The summed E-state index contributed by atoms with van der Waals surface area (Å²) in [5, 5.41) is 11.6. The highest BCUT2D eigenvalue weighted by atomic mass is 16.5. The van der Waals surface area contributed by atoms with Crippen molar-refractivity contribution in [2.75, 3.05) is 40.4 Å². The molecule has 1 aliphatic heterocycles. The predicted molar refractivity (Wildman–Crippen MR) is 141 cm³/mol. The summed E-state index contributed by atoms with van der Waals surface area (Å²) < 4.78 is 12.9. The van der Waals surface area contributed by atoms with Gasteiger partial charge in [-0.05, 0) is 51.2 Å². The molecular weight excluding hydrogens is 472 g/mol. The normalized spacial score (nSPS) is 17.2. The second-order valence-corrected chi connectivity index (χ2v) is 8.93. The lowest BCUT2D eigenvalue weighted by Crippen LogP contribution is -2.33. The molecule has 0 bridgehead atoms. The number of pyridine rings is 1. The quantitative estimate of drug-likeness (QED) is 0.254. The summed E-state index contributed by atoms with van der Waals surface area (Å²) in [6, 6.07) is 9.97. The molecule has 1 saturated heterocycles. The molecule has 3 aromatic rings. The lowest BCUT2D eigenvalue weighted by Gasteiger charge is -2.28. The smallest absolute Gasteiger partial charge is 0.295 e. The van der Waals surface area contributed by atoms with Crippen LogP contribution in [0.3, 0.4) is 0 Å². The van der Waals surface area contributed by atoms with Crippen LogP contribution in [0.1, 0.15) is 43.3 Å². The molecule has 2 aromatic heterocycles. The number of imidazole rings is 1. The van der Waals surface area contributed by atoms with Gasteiger partial charge in [-0.15, -0.1) is 0 Å². The van der Waals surface area contributed by atoms with Gasteiger partial charge in [-0.25, -0.2) is 4.98 Å². The fraction of sp³-hybridized carbons (Fsp3) is 0.393. The predicted octanol–water partition coefficient (Wildman–Crippen LogP) is 3.81. The molecule has 0 saturated carbocycles. The van der Waals surface area contributed by atoms with Crippen molar-refractivity contribution in [2.45, 2.75) is 33.2 Å². The molecule has 9 heteroatoms. The number of aliphatic hydroxyl groups is 1. The van der Waals surface area contributed by atoms with Crippen LogP contribution >= 0.6 is 0 Å². The van der Waals surface area contributed by atoms with Crippen molar-refractivity contribution in [3.8, 4) is 11.5 Å². The molecule has 37 heavy (non-hydrogen) atoms. The number of methoxy groups -OCH3 is 2. The van der Waals surface area contributed by atoms with E-state index in [0.717, 1.165) is 19.6 Å². The number of amides is 1. The lowest BCUT2D eigenvalue weighted by atomic mass is 9.95. The van der Waals surface area contributed by atoms with E-state index in [4.69, 9.17) is 9.47 Å². The summed E-state index contributed by atoms with van der Waals surface area (Å²) in [4.78, 5) is 35.3. The van der Waals surface area contributed by atoms with Crippen LogP contribution in [-0.2, 0) is 9.59 Å². The second-order valence-electron chi connectivity index (χ2n) is 8.93. The third-order valence-electron chi connectivity index (χ3n) is 6.96. The number of likely N-dealkylation sites (tertiary alicyclic amines) is 1. The average molecular weight is 507 g/mol. The standard InChI is InChI=1S/C28H34N4O5/c1-6-30(7-2)15-11-17-32-24(19-12-10-13-20(36-4)27(19)37-5)22(26(34)28(32)35)25(33)23-18(3)29-21-14-8-9-16-31(21)23/h8-10,12-14,16,24,33H,6-7,11,15,17H2,1-5H3/t24-/m1/s1. The molecule has 1 amide bonds. The van der Waals surface area contributed by atoms with E-state index in [9.17, 15) is 14.7 Å². The van der Waals surface area contributed by atoms with Crippen LogP contribution in [0.2, 0.25) is 0 Å². The molecule has 1 atom stereocenters. The van der Waals surface area contributed by atoms with Gasteiger partial charge >= 0.3 is 0 Å². The molecule has 1 aliphatic rings. The molecule has 0 radical (unpaired) electrons. The number of hydrogen-bond donors (Lipinski definition) is 1. The first-order chi connectivity index (χ1) is 17.9. The van der Waals surface area contributed by atoms with Gasteiger partial charge in [-0.3, -0.25) is 14.0 Å². The number of fused-ring (bicyclic) bond motifs is 1. The summed E-state index contributed by atoms with van der Waals surface area (Å²) in [6.07, 6.45) is 2.44. The number of aliphatic hydroxyl groups excluding tert-OH is 1. The molecule has 0 spiro atoms. The number of ketones is 1. The van der Waals surface area contributed by atoms with Crippen molar-refractivity contribution in [1.29, 1.82) is 0 Å². The third kappa shape index (κ3) is 4.67. The number of rotatable bonds is 10. The van der Waals surface area contributed by atoms with Crippen LogP contribution in [0.4, 0.5) is 0 Å². The highest BCUT2D eigenvalue weighted by Gasteiger charge is 2.47. The van der Waals surface area contributed by atoms with Gasteiger partial charge in [-0.1, -0.05) is 32.0 Å². The lowest BCUT2D eigenvalue weighted by molar-refractivity contribution is -0.140. The fourth-order valence-electron chi connectivity index (χ4n) is 5.09. The Bertz CT molecular complexity index is 1340. The van der Waals surface area contributed by atoms with Crippen molar-refractivity contribution in [3.63, 3.8) is 0 Å². The number of nitrogens with zero attached hydrogens (tertiary/aromatic N) is 4. The molecule has 1 aromatic carbocycles. The topological polar surface area (TPSA) is 96.6 Å². The van der Waals surface area contributed by atoms with Crippen molar-refractivity contribution in [1.82, 2.24) is 19.2 Å². The zero-order valence-corrected chi connectivity index (χ0v) is 22.0. The Hall–Kier alpha value is -3.85. The number of benzene rings is 1. The Morgan fingerprint density at radius 3 is 2.51 bits per heavy atom. The maximum atomic E-state index is 13.5. The van der Waals surface area contributed by atoms with E-state index >= 15 is 0 Å². The number of hydrogen-bond acceptors (Lipinski definition) is 7. The Balaban J connectivity index is 1.89. The first kappa shape index (κ1) is 26.2. The van der Waals surface area contributed by atoms with E-state index in [0.29, 0.717) is 47.1 Å². The van der Waals surface area contributed by atoms with E-state index in [1.807, 2.05) is 18.2 Å². The van der Waals surface area contributed by atoms with Gasteiger partial charge < -0.3 is 24.4 Å². The highest BCUT2D eigenvalue weighted by Crippen LogP contribution is 2.45. The maximum Gasteiger partial charge on any atom is 0.295 e. The number of Topliss-reactive ketones (excluding diaryl/α,β-unsaturated/α-hetero) is 1. The van der Waals surface area contributed by atoms with Crippen molar-refractivity contribution >= 4 is 23.1 Å². The summed E-state index contributed by atoms with van der Waals surface area (Å²) in [5.41, 5.74) is 2.13. The van der Waals surface area contributed by atoms with Crippen LogP contribution in [0, 0.1) is 6.92 Å². The van der Waals surface area contributed by atoms with Crippen molar-refractivity contribution in [3.05, 3.63) is 65.1 Å². The zero-order valence-electron chi connectivity index (χ0n) is 22.0. The van der Waals surface area contributed by atoms with E-state index in [1.165, 1.54) is 19.1 Å². The Kier molecular flexibility index (Phi) is 7.83. The van der Waals surface area contributed by atoms with Gasteiger partial charge in [0.15, 0.2) is 17.3 Å². The number of para-hydroxylation sites is 1. The minimum absolute atomic E-state index is 0.00754. The number of aromatic nitrogens is 2. The molecule has 0 unspecified atom stereocenters. The van der Waals surface area contributed by atoms with Crippen LogP contribution in [0.15, 0.2) is 48.2 Å². The molecular formula is C28H34N4O5. The van der Waals surface area contributed by atoms with Crippen molar-refractivity contribution in [2.24, 2.45) is 0 Å². The van der Waals surface area contributed by atoms with Crippen molar-refractivity contribution < 1.29 is 24.2 Å². The number of aryl methyl sites for hydroxylation is 1. The first-order valence-electron chi connectivity index (χ1n) is 12.5. The average Bonchev–Trinajstić information content (AvgIpc) is 3.38. The number of carbonyl (C=O) groups excluding carboxylic acids is 2. The minimum Gasteiger partial charge on any atom is -0.505 e. The molecule has 0 aliphatic carbocycles. The van der Waals surface area contributed by atoms with Crippen LogP contribution in [0.5, 0.6) is 11.5 Å². The Morgan fingerprint density at radius 1 is 1.08 bits per heavy atom. The monoisotopic (exact) mass is 506 g/mol. The van der Waals surface area contributed by atoms with Gasteiger partial charge in [0.1, 0.15) is 11.3 Å². The largest absolute Gasteiger partial charge is 0.505 e. The molecule has 196 valence electrons. The van der Waals surface area contributed by atoms with Gasteiger partial charge in [0.2, 0.25) is 0 Å². The van der Waals surface area contributed by atoms with Gasteiger partial charge in [0.25, 0.3) is 11.7 Å². The summed E-state index contributed by atoms with van der Waals surface area (Å²) in [6.45, 7) is 8.87. The molecule has 1 fully saturated rings.